The van der Waals surface area contributed by atoms with Crippen molar-refractivity contribution in [1.29, 1.82) is 0 Å². The molecule has 1 atom stereocenters. The van der Waals surface area contributed by atoms with Gasteiger partial charge in [-0.2, -0.15) is 0 Å². The molecule has 42 heavy (non-hydrogen) atoms. The third-order valence-corrected chi connectivity index (χ3v) is 9.88. The van der Waals surface area contributed by atoms with E-state index < -0.39 is 28.5 Å². The van der Waals surface area contributed by atoms with Crippen LogP contribution in [0.25, 0.3) is 0 Å². The molecule has 0 spiro atoms. The Hall–Kier alpha value is -3.65. The van der Waals surface area contributed by atoms with Crippen LogP contribution in [-0.2, 0) is 26.0 Å². The van der Waals surface area contributed by atoms with E-state index in [2.05, 4.69) is 19.2 Å². The van der Waals surface area contributed by atoms with E-state index in [1.807, 2.05) is 49.4 Å². The van der Waals surface area contributed by atoms with E-state index in [0.29, 0.717) is 12.1 Å². The van der Waals surface area contributed by atoms with Crippen LogP contribution in [-0.4, -0.2) is 50.3 Å². The first-order valence-corrected chi connectivity index (χ1v) is 16.3. The molecule has 1 aliphatic rings. The number of anilines is 1. The zero-order valence-corrected chi connectivity index (χ0v) is 25.9. The Morgan fingerprint density at radius 1 is 0.881 bits per heavy atom. The van der Waals surface area contributed by atoms with Crippen molar-refractivity contribution in [2.24, 2.45) is 0 Å². The smallest absolute Gasteiger partial charge is 0.264 e. The monoisotopic (exact) mass is 589 g/mol. The lowest BCUT2D eigenvalue weighted by Gasteiger charge is -2.32. The third kappa shape index (κ3) is 7.79. The van der Waals surface area contributed by atoms with Crippen molar-refractivity contribution in [3.63, 3.8) is 0 Å². The Morgan fingerprint density at radius 3 is 2.10 bits per heavy atom. The highest BCUT2D eigenvalue weighted by Gasteiger charge is 2.33. The van der Waals surface area contributed by atoms with E-state index in [1.54, 1.807) is 43.3 Å². The second-order valence-electron chi connectivity index (χ2n) is 11.6. The minimum absolute atomic E-state index is 0.108. The van der Waals surface area contributed by atoms with Crippen LogP contribution in [0.4, 0.5) is 5.69 Å². The lowest BCUT2D eigenvalue weighted by atomic mass is 10.0. The van der Waals surface area contributed by atoms with Crippen LogP contribution in [0.15, 0.2) is 83.8 Å². The number of hydrogen-bond donors (Lipinski definition) is 1. The van der Waals surface area contributed by atoms with Gasteiger partial charge in [-0.05, 0) is 74.4 Å². The maximum absolute atomic E-state index is 14.1. The summed E-state index contributed by atoms with van der Waals surface area (Å²) < 4.78 is 29.2. The van der Waals surface area contributed by atoms with Gasteiger partial charge in [0.15, 0.2) is 0 Å². The molecule has 0 aliphatic heterocycles. The van der Waals surface area contributed by atoms with Crippen LogP contribution < -0.4 is 9.62 Å². The lowest BCUT2D eigenvalue weighted by Crippen LogP contribution is -2.53. The molecule has 2 amide bonds. The number of benzene rings is 3. The third-order valence-electron chi connectivity index (χ3n) is 8.09. The summed E-state index contributed by atoms with van der Waals surface area (Å²) >= 11 is 0. The molecule has 1 fully saturated rings. The molecule has 224 valence electrons. The SMILES string of the molecule is Cc1ccc(S(=O)(=O)N(CC(=O)N(CCc2ccccc2)[C@H](C)C(=O)NC2CCCC2)c2ccc(C(C)C)cc2)cc1. The highest BCUT2D eigenvalue weighted by Crippen LogP contribution is 2.27. The molecule has 1 N–H and O–H groups in total. The molecule has 0 saturated heterocycles. The largest absolute Gasteiger partial charge is 0.352 e. The molecular formula is C34H43N3O4S. The van der Waals surface area contributed by atoms with Crippen LogP contribution in [0.2, 0.25) is 0 Å². The van der Waals surface area contributed by atoms with Crippen molar-refractivity contribution in [3.8, 4) is 0 Å². The van der Waals surface area contributed by atoms with E-state index in [1.165, 1.54) is 9.21 Å². The first kappa shape index (κ1) is 31.3. The van der Waals surface area contributed by atoms with Gasteiger partial charge in [0.1, 0.15) is 12.6 Å². The van der Waals surface area contributed by atoms with Gasteiger partial charge in [0.2, 0.25) is 11.8 Å². The number of carbonyl (C=O) groups is 2. The van der Waals surface area contributed by atoms with Gasteiger partial charge in [-0.1, -0.05) is 86.8 Å². The number of hydrogen-bond acceptors (Lipinski definition) is 4. The fourth-order valence-electron chi connectivity index (χ4n) is 5.35. The maximum atomic E-state index is 14.1. The normalized spacial score (nSPS) is 14.5. The van der Waals surface area contributed by atoms with Gasteiger partial charge in [0.05, 0.1) is 10.6 Å². The summed E-state index contributed by atoms with van der Waals surface area (Å²) in [5.41, 5.74) is 3.44. The summed E-state index contributed by atoms with van der Waals surface area (Å²) in [5.74, 6) is -0.364. The number of carbonyl (C=O) groups excluding carboxylic acids is 2. The molecule has 1 saturated carbocycles. The van der Waals surface area contributed by atoms with E-state index in [9.17, 15) is 18.0 Å². The quantitative estimate of drug-likeness (QED) is 0.288. The molecule has 0 bridgehead atoms. The molecule has 0 radical (unpaired) electrons. The number of nitrogens with one attached hydrogen (secondary N) is 1. The summed E-state index contributed by atoms with van der Waals surface area (Å²) in [6.07, 6.45) is 4.58. The Morgan fingerprint density at radius 2 is 1.50 bits per heavy atom. The van der Waals surface area contributed by atoms with Gasteiger partial charge in [-0.15, -0.1) is 0 Å². The van der Waals surface area contributed by atoms with Gasteiger partial charge in [0, 0.05) is 12.6 Å². The van der Waals surface area contributed by atoms with Crippen LogP contribution >= 0.6 is 0 Å². The van der Waals surface area contributed by atoms with Crippen LogP contribution in [0.5, 0.6) is 0 Å². The number of amides is 2. The van der Waals surface area contributed by atoms with Crippen molar-refractivity contribution in [2.45, 2.75) is 82.7 Å². The molecule has 0 aromatic heterocycles. The highest BCUT2D eigenvalue weighted by atomic mass is 32.2. The average Bonchev–Trinajstić information content (AvgIpc) is 3.49. The zero-order chi connectivity index (χ0) is 30.3. The van der Waals surface area contributed by atoms with Gasteiger partial charge in [0.25, 0.3) is 10.0 Å². The summed E-state index contributed by atoms with van der Waals surface area (Å²) in [6, 6.07) is 23.0. The van der Waals surface area contributed by atoms with E-state index in [4.69, 9.17) is 0 Å². The fraction of sp³-hybridized carbons (Fsp3) is 0.412. The molecule has 3 aromatic carbocycles. The van der Waals surface area contributed by atoms with Crippen molar-refractivity contribution in [3.05, 3.63) is 95.6 Å². The number of rotatable bonds is 12. The van der Waals surface area contributed by atoms with Gasteiger partial charge < -0.3 is 10.2 Å². The Balaban J connectivity index is 1.65. The Kier molecular flexibility index (Phi) is 10.4. The minimum Gasteiger partial charge on any atom is -0.352 e. The summed E-state index contributed by atoms with van der Waals surface area (Å²) in [7, 11) is -4.08. The van der Waals surface area contributed by atoms with Crippen LogP contribution in [0.1, 0.15) is 69.1 Å². The maximum Gasteiger partial charge on any atom is 0.264 e. The summed E-state index contributed by atoms with van der Waals surface area (Å²) in [4.78, 5) is 29.0. The molecule has 3 aromatic rings. The number of sulfonamides is 1. The van der Waals surface area contributed by atoms with E-state index in [-0.39, 0.29) is 29.3 Å². The number of nitrogens with zero attached hydrogens (tertiary/aromatic N) is 2. The molecule has 1 aliphatic carbocycles. The van der Waals surface area contributed by atoms with Crippen LogP contribution in [0, 0.1) is 6.92 Å². The van der Waals surface area contributed by atoms with Gasteiger partial charge >= 0.3 is 0 Å². The topological polar surface area (TPSA) is 86.8 Å². The Bertz CT molecular complexity index is 1430. The fourth-order valence-corrected chi connectivity index (χ4v) is 6.77. The predicted octanol–water partition coefficient (Wildman–Crippen LogP) is 5.83. The number of aryl methyl sites for hydroxylation is 1. The average molecular weight is 590 g/mol. The molecule has 0 heterocycles. The lowest BCUT2D eigenvalue weighted by molar-refractivity contribution is -0.139. The highest BCUT2D eigenvalue weighted by molar-refractivity contribution is 7.92. The second-order valence-corrected chi connectivity index (χ2v) is 13.4. The summed E-state index contributed by atoms with van der Waals surface area (Å²) in [6.45, 7) is 7.62. The van der Waals surface area contributed by atoms with Crippen molar-refractivity contribution in [2.75, 3.05) is 17.4 Å². The molecular weight excluding hydrogens is 546 g/mol. The van der Waals surface area contributed by atoms with Crippen molar-refractivity contribution >= 4 is 27.5 Å². The summed E-state index contributed by atoms with van der Waals surface area (Å²) in [5, 5.41) is 3.11. The first-order chi connectivity index (χ1) is 20.1. The van der Waals surface area contributed by atoms with Gasteiger partial charge in [-0.25, -0.2) is 8.42 Å². The van der Waals surface area contributed by atoms with E-state index in [0.717, 1.165) is 42.4 Å². The molecule has 7 nitrogen and oxygen atoms in total. The minimum atomic E-state index is -4.08. The van der Waals surface area contributed by atoms with Crippen molar-refractivity contribution in [1.82, 2.24) is 10.2 Å². The predicted molar refractivity (Wildman–Crippen MR) is 168 cm³/mol. The molecule has 4 rings (SSSR count). The van der Waals surface area contributed by atoms with Crippen LogP contribution in [0.3, 0.4) is 0 Å². The first-order valence-electron chi connectivity index (χ1n) is 14.9. The molecule has 0 unspecified atom stereocenters. The van der Waals surface area contributed by atoms with E-state index >= 15 is 0 Å². The standard InChI is InChI=1S/C34H43N3O4S/c1-25(2)29-16-18-31(19-17-29)37(42(40,41)32-20-14-26(3)15-21-32)24-33(38)36(23-22-28-10-6-5-7-11-28)27(4)34(39)35-30-12-8-9-13-30/h5-7,10-11,14-21,25,27,30H,8-9,12-13,22-24H2,1-4H3,(H,35,39)/t27-/m1/s1. The second kappa shape index (κ2) is 14.0. The van der Waals surface area contributed by atoms with Gasteiger partial charge in [-0.3, -0.25) is 13.9 Å². The van der Waals surface area contributed by atoms with Crippen molar-refractivity contribution < 1.29 is 18.0 Å². The Labute approximate surface area is 251 Å². The zero-order valence-electron chi connectivity index (χ0n) is 25.1. The molecule has 8 heteroatoms.